The average molecular weight is 1280 g/mol. The van der Waals surface area contributed by atoms with E-state index in [4.69, 9.17) is 37.7 Å². The highest BCUT2D eigenvalue weighted by molar-refractivity contribution is 6.54. The number of benzene rings is 3. The molecule has 0 spiro atoms. The number of hydrogen-bond acceptors (Lipinski definition) is 15. The zero-order valence-electron chi connectivity index (χ0n) is 51.5. The van der Waals surface area contributed by atoms with Crippen molar-refractivity contribution in [1.82, 2.24) is 30.6 Å². The Balaban J connectivity index is 0.000000289. The maximum Gasteiger partial charge on any atom is 0.452 e. The third-order valence-corrected chi connectivity index (χ3v) is 14.4. The number of likely N-dealkylation sites (tertiary alicyclic amines) is 1. The van der Waals surface area contributed by atoms with Crippen molar-refractivity contribution in [3.8, 4) is 12.1 Å². The molecule has 5 heterocycles. The van der Waals surface area contributed by atoms with Crippen molar-refractivity contribution < 1.29 is 47.0 Å². The lowest BCUT2D eigenvalue weighted by molar-refractivity contribution is -0.169. The fourth-order valence-corrected chi connectivity index (χ4v) is 9.26. The molecule has 3 aliphatic heterocycles. The third kappa shape index (κ3) is 29.8. The molecule has 3 saturated heterocycles. The second kappa shape index (κ2) is 37.7. The lowest BCUT2D eigenvalue weighted by atomic mass is 9.96. The fraction of sp³-hybridized carbons (Fsp3) is 0.492. The smallest absolute Gasteiger partial charge is 0.452 e. The van der Waals surface area contributed by atoms with Gasteiger partial charge in [0.05, 0.1) is 6.42 Å². The highest BCUT2D eigenvalue weighted by Gasteiger charge is 2.42. The number of amides is 1. The first kappa shape index (κ1) is 75.2. The molecule has 5 aromatic rings. The summed E-state index contributed by atoms with van der Waals surface area (Å²) in [5, 5.41) is 44.1. The van der Waals surface area contributed by atoms with Crippen LogP contribution in [0.1, 0.15) is 157 Å². The number of nitrogens with two attached hydrogens (primary N) is 1. The van der Waals surface area contributed by atoms with Gasteiger partial charge < -0.3 is 30.7 Å². The first-order chi connectivity index (χ1) is 41.3. The summed E-state index contributed by atoms with van der Waals surface area (Å²) in [5.41, 5.74) is 12.8. The molecule has 2 aromatic heterocycles. The topological polar surface area (TPSA) is 258 Å². The van der Waals surface area contributed by atoms with Gasteiger partial charge in [0, 0.05) is 57.9 Å². The normalized spacial score (nSPS) is 16.0. The Kier molecular flexibility index (Phi) is 32.2. The van der Waals surface area contributed by atoms with Gasteiger partial charge in [0.25, 0.3) is 5.78 Å². The number of aromatic nitrogens is 4. The van der Waals surface area contributed by atoms with Gasteiger partial charge in [0.1, 0.15) is 29.3 Å². The second-order valence-electron chi connectivity index (χ2n) is 23.4. The van der Waals surface area contributed by atoms with Crippen LogP contribution in [0.2, 0.25) is 5.15 Å². The van der Waals surface area contributed by atoms with Crippen LogP contribution < -0.4 is 16.0 Å². The molecule has 3 aliphatic rings. The van der Waals surface area contributed by atoms with Gasteiger partial charge in [-0.2, -0.15) is 23.7 Å². The molecular formula is C65H82Cl3F3N10O7. The quantitative estimate of drug-likeness (QED) is 0.0823. The molecule has 1 amide bonds. The van der Waals surface area contributed by atoms with Crippen LogP contribution in [0.3, 0.4) is 0 Å². The molecule has 0 radical (unpaired) electrons. The molecule has 3 aromatic carbocycles. The summed E-state index contributed by atoms with van der Waals surface area (Å²) in [6.45, 7) is 23.7. The molecule has 0 unspecified atom stereocenters. The number of nitrogens with zero attached hydrogens (tertiary/aromatic N) is 8. The minimum Gasteiger partial charge on any atom is -0.481 e. The first-order valence-electron chi connectivity index (χ1n) is 29.1. The number of nitrogens with one attached hydrogen (secondary N) is 1. The minimum absolute atomic E-state index is 0.109. The summed E-state index contributed by atoms with van der Waals surface area (Å²) >= 11 is 14.6. The van der Waals surface area contributed by atoms with E-state index >= 15 is 0 Å². The maximum atomic E-state index is 12.4. The van der Waals surface area contributed by atoms with E-state index in [1.165, 1.54) is 28.8 Å². The number of hydrogen-bond donors (Lipinski definition) is 3. The average Bonchev–Trinajstić information content (AvgIpc) is 4.31. The van der Waals surface area contributed by atoms with E-state index in [9.17, 15) is 37.1 Å². The highest BCUT2D eigenvalue weighted by Crippen LogP contribution is 2.26. The van der Waals surface area contributed by atoms with Crippen molar-refractivity contribution in [1.29, 1.82) is 10.5 Å². The summed E-state index contributed by atoms with van der Waals surface area (Å²) in [6.07, 6.45) is 0.384. The number of rotatable bonds is 15. The van der Waals surface area contributed by atoms with E-state index in [1.807, 2.05) is 63.2 Å². The van der Waals surface area contributed by atoms with E-state index in [-0.39, 0.29) is 24.2 Å². The monoisotopic (exact) mass is 1280 g/mol. The van der Waals surface area contributed by atoms with Crippen LogP contribution >= 0.6 is 34.8 Å². The van der Waals surface area contributed by atoms with Crippen LogP contribution in [0.5, 0.6) is 0 Å². The predicted molar refractivity (Wildman–Crippen MR) is 336 cm³/mol. The molecule has 8 rings (SSSR count). The van der Waals surface area contributed by atoms with Crippen LogP contribution in [0.15, 0.2) is 97.1 Å². The number of nitriles is 2. The maximum absolute atomic E-state index is 12.4. The molecule has 4 N–H and O–H groups in total. The number of carboxylic acid groups (broad SMARTS) is 1. The number of carbonyl (C=O) groups is 5. The molecule has 0 aliphatic carbocycles. The van der Waals surface area contributed by atoms with Crippen LogP contribution in [0, 0.1) is 34.5 Å². The van der Waals surface area contributed by atoms with Crippen LogP contribution in [0.25, 0.3) is 0 Å². The van der Waals surface area contributed by atoms with E-state index in [0.717, 1.165) is 80.9 Å². The van der Waals surface area contributed by atoms with Crippen molar-refractivity contribution in [2.24, 2.45) is 17.6 Å². The van der Waals surface area contributed by atoms with Crippen LogP contribution in [-0.2, 0) is 43.2 Å². The molecule has 0 saturated carbocycles. The third-order valence-electron chi connectivity index (χ3n) is 13.8. The molecule has 3 fully saturated rings. The number of carbonyl (C=O) groups excluding carboxylic acids is 4. The highest BCUT2D eigenvalue weighted by atomic mass is 35.5. The lowest BCUT2D eigenvalue weighted by Crippen LogP contribution is -2.36. The van der Waals surface area contributed by atoms with Gasteiger partial charge in [-0.1, -0.05) is 149 Å². The van der Waals surface area contributed by atoms with E-state index in [0.29, 0.717) is 77.8 Å². The van der Waals surface area contributed by atoms with Crippen molar-refractivity contribution in [2.75, 3.05) is 44.2 Å². The van der Waals surface area contributed by atoms with Gasteiger partial charge in [-0.05, 0) is 140 Å². The largest absolute Gasteiger partial charge is 0.481 e. The predicted octanol–water partition coefficient (Wildman–Crippen LogP) is 12.7. The summed E-state index contributed by atoms with van der Waals surface area (Å²) in [5.74, 6) is 1.02. The van der Waals surface area contributed by atoms with Crippen molar-refractivity contribution >= 4 is 70.0 Å². The van der Waals surface area contributed by atoms with Gasteiger partial charge in [0.2, 0.25) is 0 Å². The summed E-state index contributed by atoms with van der Waals surface area (Å²) in [4.78, 5) is 57.8. The summed E-state index contributed by atoms with van der Waals surface area (Å²) < 4.78 is 38.7. The Bertz CT molecular complexity index is 3040. The fourth-order valence-electron chi connectivity index (χ4n) is 8.91. The summed E-state index contributed by atoms with van der Waals surface area (Å²) in [7, 11) is 0. The number of ether oxygens (including phenoxy) is 1. The number of aliphatic carboxylic acids is 1. The molecule has 23 heteroatoms. The molecule has 17 nitrogen and oxygen atoms in total. The number of anilines is 1. The Morgan fingerprint density at radius 1 is 0.659 bits per heavy atom. The zero-order chi connectivity index (χ0) is 65.7. The van der Waals surface area contributed by atoms with E-state index < -0.39 is 28.4 Å². The minimum atomic E-state index is -4.92. The van der Waals surface area contributed by atoms with Crippen molar-refractivity contribution in [3.05, 3.63) is 147 Å². The Morgan fingerprint density at radius 3 is 1.47 bits per heavy atom. The Hall–Kier alpha value is -7.07. The first-order valence-corrected chi connectivity index (χ1v) is 30.3. The molecule has 3 atom stereocenters. The zero-order valence-corrected chi connectivity index (χ0v) is 53.8. The number of ketones is 3. The number of Topliss-reactive ketones (excluding diaryl/α,β-unsaturated/α-hetero) is 3. The Labute approximate surface area is 530 Å². The van der Waals surface area contributed by atoms with Gasteiger partial charge in [-0.15, -0.1) is 20.4 Å². The van der Waals surface area contributed by atoms with Crippen LogP contribution in [-0.4, -0.2) is 122 Å². The lowest BCUT2D eigenvalue weighted by Gasteiger charge is -2.24. The van der Waals surface area contributed by atoms with Crippen molar-refractivity contribution in [3.63, 3.8) is 0 Å². The van der Waals surface area contributed by atoms with Crippen molar-refractivity contribution in [2.45, 2.75) is 154 Å². The van der Waals surface area contributed by atoms with E-state index in [2.05, 4.69) is 144 Å². The summed E-state index contributed by atoms with van der Waals surface area (Å²) in [6, 6.07) is 35.0. The van der Waals surface area contributed by atoms with Gasteiger partial charge >= 0.3 is 18.2 Å². The van der Waals surface area contributed by atoms with Gasteiger partial charge in [-0.3, -0.25) is 19.2 Å². The van der Waals surface area contributed by atoms with Crippen LogP contribution in [0.4, 0.5) is 23.8 Å². The number of carboxylic acids is 1. The van der Waals surface area contributed by atoms with Gasteiger partial charge in [0.15, 0.2) is 27.2 Å². The second-order valence-corrected chi connectivity index (χ2v) is 24.9. The molecule has 88 heavy (non-hydrogen) atoms. The molecular weight excluding hydrogens is 1200 g/mol. The SMILES string of the molecule is CC(C)(C)OC(=O)N1CC[C@H](N)C1.CC(C)c1ccc(CC(=O)C[C@H]2CCN(c3ccc(C#N)nn3)C2)cc1.CC(C)c1ccc(CC(=O)C[C@H]2CCNC2)cc1.CC(C)c1ccc(CC(=O)O)cc1.N#Cc1ccc(Cl)nn1.O=C(C(Cl)Cl)C(F)(F)F. The number of alkyl halides is 5. The van der Waals surface area contributed by atoms with Gasteiger partial charge in [-0.25, -0.2) is 4.79 Å². The number of halogens is 6. The molecule has 0 bridgehead atoms. The standard InChI is InChI=1S/C21H24N4O.C16H23NO.C11H14O2.C9H18N2O2.C5H2ClN3.C3HCl2F3O/c1-15(2)18-5-3-16(4-6-18)11-20(26)12-17-9-10-25(14-17)21-8-7-19(13-22)23-24-21;1-12(2)15-5-3-13(4-6-15)9-16(18)10-14-7-8-17-11-14;1-8(2)10-5-3-9(4-6-10)7-11(12)13;1-9(2,3)13-8(12)11-5-4-7(10)6-11;6-5-2-1-4(3-7)8-9-5;4-2(5)1(9)3(6,7)8/h3-8,15,17H,9-12,14H2,1-2H3;3-6,12,14,17H,7-11H2,1-2H3;3-6,8H,7H2,1-2H3,(H,12,13);7H,4-6,10H2,1-3H3;1-2H;2H/t17-;14-;;7-;;/m11.0../s1. The molecule has 476 valence electrons. The Morgan fingerprint density at radius 2 is 1.12 bits per heavy atom. The van der Waals surface area contributed by atoms with E-state index in [1.54, 1.807) is 11.0 Å².